The van der Waals surface area contributed by atoms with Gasteiger partial charge >= 0.3 is 6.18 Å². The van der Waals surface area contributed by atoms with E-state index in [-0.39, 0.29) is 29.1 Å². The molecule has 8 nitrogen and oxygen atoms in total. The van der Waals surface area contributed by atoms with Crippen molar-refractivity contribution < 1.29 is 21.6 Å². The highest BCUT2D eigenvalue weighted by Crippen LogP contribution is 2.34. The Morgan fingerprint density at radius 2 is 1.77 bits per heavy atom. The number of fused-ring (bicyclic) bond motifs is 1. The van der Waals surface area contributed by atoms with E-state index in [9.17, 15) is 26.4 Å². The van der Waals surface area contributed by atoms with Crippen LogP contribution in [0.3, 0.4) is 0 Å². The molecular weight excluding hydrogens is 435 g/mol. The van der Waals surface area contributed by atoms with Gasteiger partial charge in [0, 0.05) is 36.8 Å². The molecule has 3 heterocycles. The van der Waals surface area contributed by atoms with Crippen molar-refractivity contribution in [2.45, 2.75) is 56.8 Å². The molecule has 2 aromatic heterocycles. The number of halogens is 3. The van der Waals surface area contributed by atoms with Crippen LogP contribution < -0.4 is 10.9 Å². The summed E-state index contributed by atoms with van der Waals surface area (Å²) in [6.45, 7) is 0.734. The lowest BCUT2D eigenvalue weighted by Crippen LogP contribution is -2.42. The Morgan fingerprint density at radius 3 is 2.35 bits per heavy atom. The molecule has 0 radical (unpaired) electrons. The minimum atomic E-state index is -4.75. The smallest absolute Gasteiger partial charge is 0.351 e. The maximum Gasteiger partial charge on any atom is 0.421 e. The molecule has 1 N–H and O–H groups in total. The van der Waals surface area contributed by atoms with Crippen molar-refractivity contribution in [3.8, 4) is 0 Å². The van der Waals surface area contributed by atoms with Gasteiger partial charge in [-0.1, -0.05) is 12.8 Å². The third-order valence-corrected chi connectivity index (χ3v) is 7.33. The van der Waals surface area contributed by atoms with E-state index in [0.717, 1.165) is 18.9 Å². The van der Waals surface area contributed by atoms with Gasteiger partial charge in [0.1, 0.15) is 11.2 Å². The molecule has 12 heteroatoms. The number of anilines is 1. The summed E-state index contributed by atoms with van der Waals surface area (Å²) in [5.41, 5.74) is -2.08. The number of hydrogen-bond donors (Lipinski definition) is 1. The van der Waals surface area contributed by atoms with Gasteiger partial charge in [0.2, 0.25) is 16.0 Å². The third-order valence-electron chi connectivity index (χ3n) is 6.02. The Hall–Kier alpha value is -2.21. The lowest BCUT2D eigenvalue weighted by Gasteiger charge is -2.30. The number of nitrogens with one attached hydrogen (secondary N) is 1. The molecule has 4 rings (SSSR count). The van der Waals surface area contributed by atoms with Crippen LogP contribution in [0.5, 0.6) is 0 Å². The van der Waals surface area contributed by atoms with E-state index < -0.39 is 27.3 Å². The van der Waals surface area contributed by atoms with Crippen LogP contribution in [0.4, 0.5) is 19.1 Å². The first-order valence-electron chi connectivity index (χ1n) is 10.2. The zero-order valence-corrected chi connectivity index (χ0v) is 17.8. The first-order chi connectivity index (χ1) is 14.5. The largest absolute Gasteiger partial charge is 0.421 e. The minimum absolute atomic E-state index is 0.0726. The molecule has 0 amide bonds. The fraction of sp³-hybridized carbons (Fsp3) is 0.632. The zero-order chi connectivity index (χ0) is 22.4. The number of aromatic nitrogens is 3. The van der Waals surface area contributed by atoms with Crippen LogP contribution in [0, 0.1) is 0 Å². The Labute approximate surface area is 177 Å². The highest BCUT2D eigenvalue weighted by Gasteiger charge is 2.37. The Kier molecular flexibility index (Phi) is 5.71. The minimum Gasteiger partial charge on any atom is -0.351 e. The number of sulfonamides is 1. The van der Waals surface area contributed by atoms with Crippen LogP contribution >= 0.6 is 0 Å². The van der Waals surface area contributed by atoms with Crippen LogP contribution in [-0.2, 0) is 16.2 Å². The molecule has 0 unspecified atom stereocenters. The molecule has 0 aromatic carbocycles. The standard InChI is InChI=1S/C19H24F3N5O3S/c1-31(29,30)26-8-6-13(7-9-26)24-18-23-11-12-10-15(19(20,21)22)17(28)27(16(12)25-18)14-4-2-3-5-14/h10-11,13-14H,2-9H2,1H3,(H,23,24,25). The van der Waals surface area contributed by atoms with Gasteiger partial charge in [-0.25, -0.2) is 17.7 Å². The second-order valence-electron chi connectivity index (χ2n) is 8.22. The van der Waals surface area contributed by atoms with Gasteiger partial charge in [0.15, 0.2) is 0 Å². The molecule has 1 saturated heterocycles. The van der Waals surface area contributed by atoms with Gasteiger partial charge in [-0.05, 0) is 31.7 Å². The van der Waals surface area contributed by atoms with E-state index in [2.05, 4.69) is 15.3 Å². The average molecular weight is 459 g/mol. The molecule has 170 valence electrons. The summed E-state index contributed by atoms with van der Waals surface area (Å²) < 4.78 is 66.2. The first kappa shape index (κ1) is 22.0. The summed E-state index contributed by atoms with van der Waals surface area (Å²) in [5.74, 6) is 0.219. The summed E-state index contributed by atoms with van der Waals surface area (Å²) in [4.78, 5) is 21.3. The molecule has 1 aliphatic carbocycles. The molecule has 0 bridgehead atoms. The zero-order valence-electron chi connectivity index (χ0n) is 17.0. The second-order valence-corrected chi connectivity index (χ2v) is 10.2. The summed E-state index contributed by atoms with van der Waals surface area (Å²) >= 11 is 0. The van der Waals surface area contributed by atoms with Crippen molar-refractivity contribution in [3.05, 3.63) is 28.2 Å². The number of pyridine rings is 1. The van der Waals surface area contributed by atoms with Crippen molar-refractivity contribution in [2.75, 3.05) is 24.7 Å². The molecule has 0 spiro atoms. The fourth-order valence-electron chi connectivity index (χ4n) is 4.41. The first-order valence-corrected chi connectivity index (χ1v) is 12.1. The van der Waals surface area contributed by atoms with Gasteiger partial charge in [-0.3, -0.25) is 9.36 Å². The summed E-state index contributed by atoms with van der Waals surface area (Å²) in [6.07, 6.45) is 1.79. The molecule has 1 saturated carbocycles. The third kappa shape index (κ3) is 4.54. The van der Waals surface area contributed by atoms with E-state index >= 15 is 0 Å². The van der Waals surface area contributed by atoms with E-state index in [1.807, 2.05) is 0 Å². The molecule has 2 aliphatic rings. The monoisotopic (exact) mass is 459 g/mol. The van der Waals surface area contributed by atoms with Crippen LogP contribution in [0.1, 0.15) is 50.1 Å². The molecule has 2 fully saturated rings. The lowest BCUT2D eigenvalue weighted by atomic mass is 10.1. The average Bonchev–Trinajstić information content (AvgIpc) is 3.20. The summed E-state index contributed by atoms with van der Waals surface area (Å²) in [5, 5.41) is 3.31. The molecule has 2 aromatic rings. The van der Waals surface area contributed by atoms with Gasteiger partial charge < -0.3 is 5.32 Å². The van der Waals surface area contributed by atoms with Crippen molar-refractivity contribution >= 4 is 27.0 Å². The maximum absolute atomic E-state index is 13.4. The maximum atomic E-state index is 13.4. The van der Waals surface area contributed by atoms with Crippen LogP contribution in [0.2, 0.25) is 0 Å². The van der Waals surface area contributed by atoms with Gasteiger partial charge in [-0.2, -0.15) is 18.2 Å². The van der Waals surface area contributed by atoms with Crippen molar-refractivity contribution in [1.29, 1.82) is 0 Å². The van der Waals surface area contributed by atoms with Crippen LogP contribution in [-0.4, -0.2) is 52.6 Å². The van der Waals surface area contributed by atoms with Crippen molar-refractivity contribution in [1.82, 2.24) is 18.8 Å². The lowest BCUT2D eigenvalue weighted by molar-refractivity contribution is -0.138. The SMILES string of the molecule is CS(=O)(=O)N1CCC(Nc2ncc3cc(C(F)(F)F)c(=O)n(C4CCCC4)c3n2)CC1. The number of hydrogen-bond acceptors (Lipinski definition) is 6. The molecule has 0 atom stereocenters. The van der Waals surface area contributed by atoms with E-state index in [1.165, 1.54) is 21.3 Å². The number of piperidine rings is 1. The van der Waals surface area contributed by atoms with Gasteiger partial charge in [-0.15, -0.1) is 0 Å². The fourth-order valence-corrected chi connectivity index (χ4v) is 5.28. The Balaban J connectivity index is 1.67. The van der Waals surface area contributed by atoms with Gasteiger partial charge in [0.05, 0.1) is 6.26 Å². The van der Waals surface area contributed by atoms with Gasteiger partial charge in [0.25, 0.3) is 5.56 Å². The normalized spacial score (nSPS) is 19.9. The van der Waals surface area contributed by atoms with Crippen molar-refractivity contribution in [2.24, 2.45) is 0 Å². The number of rotatable bonds is 4. The second kappa shape index (κ2) is 8.05. The topological polar surface area (TPSA) is 97.2 Å². The molecular formula is C19H24F3N5O3S. The molecule has 31 heavy (non-hydrogen) atoms. The highest BCUT2D eigenvalue weighted by atomic mass is 32.2. The quantitative estimate of drug-likeness (QED) is 0.755. The predicted molar refractivity (Wildman–Crippen MR) is 109 cm³/mol. The Bertz CT molecular complexity index is 1130. The number of nitrogens with zero attached hydrogens (tertiary/aromatic N) is 4. The van der Waals surface area contributed by atoms with E-state index in [4.69, 9.17) is 0 Å². The molecule has 1 aliphatic heterocycles. The van der Waals surface area contributed by atoms with Crippen LogP contribution in [0.15, 0.2) is 17.1 Å². The summed E-state index contributed by atoms with van der Waals surface area (Å²) in [7, 11) is -3.24. The van der Waals surface area contributed by atoms with E-state index in [0.29, 0.717) is 38.8 Å². The van der Waals surface area contributed by atoms with Crippen LogP contribution in [0.25, 0.3) is 11.0 Å². The van der Waals surface area contributed by atoms with E-state index in [1.54, 1.807) is 0 Å². The number of alkyl halides is 3. The van der Waals surface area contributed by atoms with Crippen molar-refractivity contribution in [3.63, 3.8) is 0 Å². The highest BCUT2D eigenvalue weighted by molar-refractivity contribution is 7.88. The predicted octanol–water partition coefficient (Wildman–Crippen LogP) is 2.76. The summed E-state index contributed by atoms with van der Waals surface area (Å²) in [6, 6.07) is 0.423. The Morgan fingerprint density at radius 1 is 1.13 bits per heavy atom.